The van der Waals surface area contributed by atoms with E-state index in [1.807, 2.05) is 48.1 Å². The van der Waals surface area contributed by atoms with E-state index in [1.165, 1.54) is 6.92 Å². The van der Waals surface area contributed by atoms with Crippen LogP contribution in [0.1, 0.15) is 12.5 Å². The molecule has 0 aliphatic carbocycles. The summed E-state index contributed by atoms with van der Waals surface area (Å²) in [6.45, 7) is 1.57. The van der Waals surface area contributed by atoms with Crippen LogP contribution in [0.5, 0.6) is 11.5 Å². The largest absolute Gasteiger partial charge is 0.454 e. The molecule has 2 N–H and O–H groups in total. The molecule has 0 saturated heterocycles. The second-order valence-electron chi connectivity index (χ2n) is 7.08. The maximum Gasteiger partial charge on any atom is 0.247 e. The number of benzene rings is 2. The molecule has 1 aromatic heterocycles. The summed E-state index contributed by atoms with van der Waals surface area (Å²) in [4.78, 5) is 29.0. The Morgan fingerprint density at radius 3 is 2.77 bits per heavy atom. The van der Waals surface area contributed by atoms with Crippen molar-refractivity contribution < 1.29 is 19.1 Å². The molecule has 2 aromatic carbocycles. The fourth-order valence-electron chi connectivity index (χ4n) is 3.37. The summed E-state index contributed by atoms with van der Waals surface area (Å²) in [5, 5.41) is 5.62. The molecule has 1 aliphatic heterocycles. The zero-order valence-corrected chi connectivity index (χ0v) is 16.7. The van der Waals surface area contributed by atoms with Crippen LogP contribution in [0.2, 0.25) is 0 Å². The molecule has 8 nitrogen and oxygen atoms in total. The number of aromatic nitrogens is 2. The number of fused-ring (bicyclic) bond motifs is 1. The Morgan fingerprint density at radius 2 is 2.00 bits per heavy atom. The van der Waals surface area contributed by atoms with Gasteiger partial charge < -0.3 is 24.7 Å². The maximum atomic E-state index is 12.9. The van der Waals surface area contributed by atoms with Gasteiger partial charge in [-0.05, 0) is 29.8 Å². The summed E-state index contributed by atoms with van der Waals surface area (Å²) in [7, 11) is 1.91. The van der Waals surface area contributed by atoms with E-state index in [1.54, 1.807) is 18.3 Å². The zero-order chi connectivity index (χ0) is 21.1. The van der Waals surface area contributed by atoms with Gasteiger partial charge in [-0.3, -0.25) is 9.59 Å². The van der Waals surface area contributed by atoms with Gasteiger partial charge in [0, 0.05) is 44.0 Å². The number of amides is 2. The van der Waals surface area contributed by atoms with Crippen molar-refractivity contribution in [2.75, 3.05) is 12.1 Å². The predicted octanol–water partition coefficient (Wildman–Crippen LogP) is 2.50. The second-order valence-corrected chi connectivity index (χ2v) is 7.08. The van der Waals surface area contributed by atoms with Gasteiger partial charge in [-0.15, -0.1) is 0 Å². The van der Waals surface area contributed by atoms with Gasteiger partial charge in [0.15, 0.2) is 11.5 Å². The fourth-order valence-corrected chi connectivity index (χ4v) is 3.37. The average Bonchev–Trinajstić information content (AvgIpc) is 3.35. The molecule has 4 rings (SSSR count). The van der Waals surface area contributed by atoms with Crippen LogP contribution in [-0.2, 0) is 23.1 Å². The molecule has 0 spiro atoms. The van der Waals surface area contributed by atoms with Crippen LogP contribution in [0.25, 0.3) is 11.4 Å². The van der Waals surface area contributed by atoms with Crippen LogP contribution in [0.4, 0.5) is 5.69 Å². The monoisotopic (exact) mass is 406 g/mol. The van der Waals surface area contributed by atoms with Crippen molar-refractivity contribution >= 4 is 17.5 Å². The van der Waals surface area contributed by atoms with E-state index in [4.69, 9.17) is 9.47 Å². The first-order chi connectivity index (χ1) is 14.5. The lowest BCUT2D eigenvalue weighted by molar-refractivity contribution is -0.125. The number of carbonyl (C=O) groups is 2. The van der Waals surface area contributed by atoms with Crippen LogP contribution in [0.3, 0.4) is 0 Å². The first-order valence-electron chi connectivity index (χ1n) is 9.54. The molecular weight excluding hydrogens is 384 g/mol. The summed E-state index contributed by atoms with van der Waals surface area (Å²) in [5.74, 6) is 1.52. The van der Waals surface area contributed by atoms with Crippen molar-refractivity contribution in [3.8, 4) is 22.9 Å². The standard InChI is InChI=1S/C22H22N4O4/c1-14(27)24-18(10-15-6-7-19-20(11-15)30-13-29-19)22(28)25-17-5-3-4-16(12-17)21-23-8-9-26(21)2/h3-9,11-12,18H,10,13H2,1-2H3,(H,24,27)(H,25,28). The number of nitrogens with one attached hydrogen (secondary N) is 2. The van der Waals surface area contributed by atoms with Crippen molar-refractivity contribution in [3.63, 3.8) is 0 Å². The normalized spacial score (nSPS) is 13.0. The second kappa shape index (κ2) is 8.28. The lowest BCUT2D eigenvalue weighted by Gasteiger charge is -2.18. The summed E-state index contributed by atoms with van der Waals surface area (Å²) >= 11 is 0. The number of rotatable bonds is 6. The molecule has 1 unspecified atom stereocenters. The average molecular weight is 406 g/mol. The summed E-state index contributed by atoms with van der Waals surface area (Å²) in [5.41, 5.74) is 2.36. The minimum absolute atomic E-state index is 0.181. The third-order valence-corrected chi connectivity index (χ3v) is 4.78. The van der Waals surface area contributed by atoms with Gasteiger partial charge >= 0.3 is 0 Å². The molecule has 30 heavy (non-hydrogen) atoms. The first kappa shape index (κ1) is 19.5. The Kier molecular flexibility index (Phi) is 5.38. The summed E-state index contributed by atoms with van der Waals surface area (Å²) < 4.78 is 12.6. The van der Waals surface area contributed by atoms with E-state index in [-0.39, 0.29) is 18.6 Å². The minimum Gasteiger partial charge on any atom is -0.454 e. The first-order valence-corrected chi connectivity index (χ1v) is 9.54. The zero-order valence-electron chi connectivity index (χ0n) is 16.7. The van der Waals surface area contributed by atoms with Gasteiger partial charge in [-0.2, -0.15) is 0 Å². The number of hydrogen-bond donors (Lipinski definition) is 2. The van der Waals surface area contributed by atoms with Gasteiger partial charge in [-0.1, -0.05) is 18.2 Å². The van der Waals surface area contributed by atoms with E-state index in [0.717, 1.165) is 17.0 Å². The summed E-state index contributed by atoms with van der Waals surface area (Å²) in [6, 6.07) is 12.2. The maximum absolute atomic E-state index is 12.9. The van der Waals surface area contributed by atoms with Crippen molar-refractivity contribution in [3.05, 3.63) is 60.4 Å². The van der Waals surface area contributed by atoms with Crippen molar-refractivity contribution in [1.29, 1.82) is 0 Å². The molecule has 8 heteroatoms. The highest BCUT2D eigenvalue weighted by Crippen LogP contribution is 2.32. The molecule has 0 saturated carbocycles. The minimum atomic E-state index is -0.736. The topological polar surface area (TPSA) is 94.5 Å². The molecule has 0 radical (unpaired) electrons. The molecule has 2 heterocycles. The Balaban J connectivity index is 1.51. The molecule has 1 atom stereocenters. The Morgan fingerprint density at radius 1 is 1.17 bits per heavy atom. The fraction of sp³-hybridized carbons (Fsp3) is 0.227. The SMILES string of the molecule is CC(=O)NC(Cc1ccc2c(c1)OCO2)C(=O)Nc1cccc(-c2nccn2C)c1. The number of carbonyl (C=O) groups excluding carboxylic acids is 2. The van der Waals surface area contributed by atoms with Gasteiger partial charge in [0.05, 0.1) is 0 Å². The smallest absolute Gasteiger partial charge is 0.247 e. The molecular formula is C22H22N4O4. The van der Waals surface area contributed by atoms with Crippen LogP contribution >= 0.6 is 0 Å². The van der Waals surface area contributed by atoms with Gasteiger partial charge in [0.25, 0.3) is 0 Å². The predicted molar refractivity (Wildman–Crippen MR) is 111 cm³/mol. The number of hydrogen-bond acceptors (Lipinski definition) is 5. The number of ether oxygens (including phenoxy) is 2. The molecule has 2 amide bonds. The molecule has 1 aliphatic rings. The van der Waals surface area contributed by atoms with E-state index in [9.17, 15) is 9.59 Å². The molecule has 0 fully saturated rings. The van der Waals surface area contributed by atoms with Gasteiger partial charge in [0.2, 0.25) is 18.6 Å². The van der Waals surface area contributed by atoms with Crippen LogP contribution in [-0.4, -0.2) is 34.2 Å². The van der Waals surface area contributed by atoms with Crippen molar-refractivity contribution in [1.82, 2.24) is 14.9 Å². The van der Waals surface area contributed by atoms with E-state index < -0.39 is 6.04 Å². The third-order valence-electron chi connectivity index (χ3n) is 4.78. The third kappa shape index (κ3) is 4.27. The Bertz CT molecular complexity index is 1090. The number of imidazole rings is 1. The summed E-state index contributed by atoms with van der Waals surface area (Å²) in [6.07, 6.45) is 3.90. The quantitative estimate of drug-likeness (QED) is 0.656. The Labute approximate surface area is 173 Å². The number of anilines is 1. The van der Waals surface area contributed by atoms with Gasteiger partial charge in [-0.25, -0.2) is 4.98 Å². The van der Waals surface area contributed by atoms with Crippen molar-refractivity contribution in [2.45, 2.75) is 19.4 Å². The molecule has 0 bridgehead atoms. The van der Waals surface area contributed by atoms with Crippen LogP contribution < -0.4 is 20.1 Å². The highest BCUT2D eigenvalue weighted by molar-refractivity contribution is 5.97. The van der Waals surface area contributed by atoms with Crippen molar-refractivity contribution in [2.24, 2.45) is 7.05 Å². The highest BCUT2D eigenvalue weighted by Gasteiger charge is 2.22. The Hall–Kier alpha value is -3.81. The molecule has 154 valence electrons. The van der Waals surface area contributed by atoms with E-state index >= 15 is 0 Å². The van der Waals surface area contributed by atoms with Crippen LogP contribution in [0.15, 0.2) is 54.9 Å². The number of nitrogens with zero attached hydrogens (tertiary/aromatic N) is 2. The van der Waals surface area contributed by atoms with E-state index in [2.05, 4.69) is 15.6 Å². The lowest BCUT2D eigenvalue weighted by atomic mass is 10.0. The number of aryl methyl sites for hydroxylation is 1. The lowest BCUT2D eigenvalue weighted by Crippen LogP contribution is -2.44. The van der Waals surface area contributed by atoms with Gasteiger partial charge in [0.1, 0.15) is 11.9 Å². The molecule has 3 aromatic rings. The van der Waals surface area contributed by atoms with Crippen LogP contribution in [0, 0.1) is 0 Å². The van der Waals surface area contributed by atoms with E-state index in [0.29, 0.717) is 23.6 Å². The highest BCUT2D eigenvalue weighted by atomic mass is 16.7.